The summed E-state index contributed by atoms with van der Waals surface area (Å²) in [5.74, 6) is 0. The van der Waals surface area contributed by atoms with Crippen molar-refractivity contribution in [2.75, 3.05) is 0 Å². The standard InChI is InChI=1S/C8H18.C4H10.2H3O3PS.Zn/c1-3-5-7-8-6-4-2;1-3-4-2;2*1-4(2,3)5;/h3-8H2,1-2H3;3-4H2,1-2H3;2*(H3,1,2,3,5);. The summed E-state index contributed by atoms with van der Waals surface area (Å²) in [6.07, 6.45) is 11.1. The number of rotatable bonds is 6. The van der Waals surface area contributed by atoms with Crippen molar-refractivity contribution in [1.82, 2.24) is 0 Å². The molecule has 0 amide bonds. The maximum atomic E-state index is 7.56. The number of hydrogen-bond acceptors (Lipinski definition) is 2. The summed E-state index contributed by atoms with van der Waals surface area (Å²) < 4.78 is 0. The van der Waals surface area contributed by atoms with E-state index in [-0.39, 0.29) is 19.5 Å². The van der Waals surface area contributed by atoms with Crippen LogP contribution in [0.15, 0.2) is 0 Å². The van der Waals surface area contributed by atoms with Crippen molar-refractivity contribution in [2.24, 2.45) is 0 Å². The van der Waals surface area contributed by atoms with Gasteiger partial charge in [-0.15, -0.1) is 0 Å². The third kappa shape index (κ3) is 189. The van der Waals surface area contributed by atoms with Gasteiger partial charge in [-0.3, -0.25) is 0 Å². The molecule has 0 aliphatic heterocycles. The molecule has 6 nitrogen and oxygen atoms in total. The molecule has 0 bridgehead atoms. The van der Waals surface area contributed by atoms with Gasteiger partial charge in [0.15, 0.2) is 0 Å². The van der Waals surface area contributed by atoms with E-state index in [0.717, 1.165) is 0 Å². The van der Waals surface area contributed by atoms with E-state index in [0.29, 0.717) is 0 Å². The first-order chi connectivity index (χ1) is 9.83. The molecule has 0 spiro atoms. The minimum atomic E-state index is -3.81. The van der Waals surface area contributed by atoms with E-state index in [2.05, 4.69) is 51.3 Å². The van der Waals surface area contributed by atoms with E-state index in [1.54, 1.807) is 0 Å². The zero-order chi connectivity index (χ0) is 18.7. The van der Waals surface area contributed by atoms with Gasteiger partial charge in [0.05, 0.1) is 0 Å². The van der Waals surface area contributed by atoms with E-state index >= 15 is 0 Å². The molecule has 11 heteroatoms. The molecular weight excluding hydrogens is 432 g/mol. The molecule has 0 rings (SSSR count). The van der Waals surface area contributed by atoms with Crippen molar-refractivity contribution in [1.29, 1.82) is 0 Å². The normalized spacial score (nSPS) is 9.83. The molecule has 142 valence electrons. The first-order valence-corrected chi connectivity index (χ1v) is 12.7. The fourth-order valence-corrected chi connectivity index (χ4v) is 0.854. The predicted molar refractivity (Wildman–Crippen MR) is 102 cm³/mol. The van der Waals surface area contributed by atoms with Gasteiger partial charge in [-0.25, -0.2) is 0 Å². The molecule has 0 atom stereocenters. The zero-order valence-corrected chi connectivity index (χ0v) is 21.1. The Labute approximate surface area is 164 Å². The average molecular weight is 466 g/mol. The van der Waals surface area contributed by atoms with E-state index in [9.17, 15) is 0 Å². The molecule has 0 unspecified atom stereocenters. The summed E-state index contributed by atoms with van der Waals surface area (Å²) in [6.45, 7) is 1.26. The van der Waals surface area contributed by atoms with Crippen molar-refractivity contribution < 1.29 is 48.8 Å². The molecule has 0 aromatic carbocycles. The maximum absolute atomic E-state index is 7.56. The maximum Gasteiger partial charge on any atom is 0.319 e. The topological polar surface area (TPSA) is 121 Å². The monoisotopic (exact) mass is 464 g/mol. The van der Waals surface area contributed by atoms with Gasteiger partial charge in [-0.05, 0) is 23.6 Å². The van der Waals surface area contributed by atoms with E-state index in [4.69, 9.17) is 29.4 Å². The van der Waals surface area contributed by atoms with Gasteiger partial charge in [0, 0.05) is 19.5 Å². The van der Waals surface area contributed by atoms with Crippen LogP contribution in [0.1, 0.15) is 79.1 Å². The van der Waals surface area contributed by atoms with Crippen LogP contribution in [0.25, 0.3) is 0 Å². The summed E-state index contributed by atoms with van der Waals surface area (Å²) in [5, 5.41) is 0. The fourth-order valence-electron chi connectivity index (χ4n) is 0.854. The Hall–Kier alpha value is 1.68. The number of hydrogen-bond donors (Lipinski definition) is 6. The van der Waals surface area contributed by atoms with Gasteiger partial charge in [0.2, 0.25) is 0 Å². The van der Waals surface area contributed by atoms with Crippen LogP contribution >= 0.6 is 13.4 Å². The Morgan fingerprint density at radius 3 is 0.783 bits per heavy atom. The van der Waals surface area contributed by atoms with Gasteiger partial charge in [0.25, 0.3) is 0 Å². The molecule has 23 heavy (non-hydrogen) atoms. The minimum absolute atomic E-state index is 0. The average Bonchev–Trinajstić information content (AvgIpc) is 2.31. The van der Waals surface area contributed by atoms with Crippen molar-refractivity contribution >= 4 is 37.1 Å². The summed E-state index contributed by atoms with van der Waals surface area (Å²) in [6, 6.07) is 0. The van der Waals surface area contributed by atoms with Crippen LogP contribution in [-0.2, 0) is 43.1 Å². The second-order valence-electron chi connectivity index (χ2n) is 4.44. The Morgan fingerprint density at radius 1 is 0.522 bits per heavy atom. The summed E-state index contributed by atoms with van der Waals surface area (Å²) in [7, 11) is 0. The Kier molecular flexibility index (Phi) is 40.3. The van der Waals surface area contributed by atoms with E-state index in [1.807, 2.05) is 0 Å². The van der Waals surface area contributed by atoms with E-state index < -0.39 is 13.4 Å². The SMILES string of the molecule is CCCC.CCCCCCCC.OP(O)(O)=S.OP(O)(O)=S.[Zn]. The molecule has 0 saturated carbocycles. The Bertz CT molecular complexity index is 242. The summed E-state index contributed by atoms with van der Waals surface area (Å²) >= 11 is 7.21. The van der Waals surface area contributed by atoms with Gasteiger partial charge in [-0.2, -0.15) is 0 Å². The van der Waals surface area contributed by atoms with Crippen LogP contribution in [0.2, 0.25) is 0 Å². The van der Waals surface area contributed by atoms with E-state index in [1.165, 1.54) is 51.4 Å². The van der Waals surface area contributed by atoms with Gasteiger partial charge in [0.1, 0.15) is 0 Å². The van der Waals surface area contributed by atoms with Crippen molar-refractivity contribution in [2.45, 2.75) is 79.1 Å². The van der Waals surface area contributed by atoms with Crippen LogP contribution in [0.4, 0.5) is 0 Å². The fraction of sp³-hybridized carbons (Fsp3) is 1.00. The second kappa shape index (κ2) is 25.9. The molecule has 0 heterocycles. The molecule has 0 aromatic rings. The van der Waals surface area contributed by atoms with Crippen LogP contribution in [0.3, 0.4) is 0 Å². The quantitative estimate of drug-likeness (QED) is 0.200. The zero-order valence-electron chi connectivity index (χ0n) is 14.8. The Morgan fingerprint density at radius 2 is 0.696 bits per heavy atom. The molecule has 0 aromatic heterocycles. The minimum Gasteiger partial charge on any atom is -0.325 e. The van der Waals surface area contributed by atoms with Gasteiger partial charge in [-0.1, -0.05) is 79.1 Å². The Balaban J connectivity index is -0.0000000641. The van der Waals surface area contributed by atoms with Crippen LogP contribution < -0.4 is 0 Å². The largest absolute Gasteiger partial charge is 0.325 e. The third-order valence-electron chi connectivity index (χ3n) is 1.96. The summed E-state index contributed by atoms with van der Waals surface area (Å²) in [5.41, 5.74) is 0. The summed E-state index contributed by atoms with van der Waals surface area (Å²) in [4.78, 5) is 45.3. The first kappa shape index (κ1) is 35.7. The smallest absolute Gasteiger partial charge is 0.319 e. The van der Waals surface area contributed by atoms with Crippen LogP contribution in [-0.4, -0.2) is 29.4 Å². The molecule has 0 aliphatic carbocycles. The third-order valence-corrected chi connectivity index (χ3v) is 1.96. The van der Waals surface area contributed by atoms with Gasteiger partial charge >= 0.3 is 13.4 Å². The van der Waals surface area contributed by atoms with Crippen LogP contribution in [0, 0.1) is 0 Å². The molecular formula is C12H34O6P2S2Zn. The second-order valence-corrected chi connectivity index (χ2v) is 9.43. The molecule has 0 aliphatic rings. The number of unbranched alkanes of at least 4 members (excludes halogenated alkanes) is 6. The van der Waals surface area contributed by atoms with Crippen molar-refractivity contribution in [3.8, 4) is 0 Å². The molecule has 0 saturated heterocycles. The van der Waals surface area contributed by atoms with Crippen molar-refractivity contribution in [3.05, 3.63) is 0 Å². The predicted octanol–water partition coefficient (Wildman–Crippen LogP) is 3.55. The van der Waals surface area contributed by atoms with Gasteiger partial charge < -0.3 is 29.4 Å². The van der Waals surface area contributed by atoms with Crippen LogP contribution in [0.5, 0.6) is 0 Å². The first-order valence-electron chi connectivity index (χ1n) is 7.39. The molecule has 6 N–H and O–H groups in total. The molecule has 0 radical (unpaired) electrons. The van der Waals surface area contributed by atoms with Crippen molar-refractivity contribution in [3.63, 3.8) is 0 Å². The molecule has 0 fully saturated rings.